The van der Waals surface area contributed by atoms with Crippen molar-refractivity contribution in [1.82, 2.24) is 4.57 Å². The van der Waals surface area contributed by atoms with Crippen LogP contribution in [0, 0.1) is 0 Å². The molecule has 1 unspecified atom stereocenters. The van der Waals surface area contributed by atoms with Crippen molar-refractivity contribution < 1.29 is 18.7 Å². The molecule has 2 aromatic carbocycles. The smallest absolute Gasteiger partial charge is 0.338 e. The molecule has 0 saturated heterocycles. The van der Waals surface area contributed by atoms with Crippen LogP contribution in [0.2, 0.25) is 5.02 Å². The van der Waals surface area contributed by atoms with E-state index in [-0.39, 0.29) is 12.2 Å². The third-order valence-electron chi connectivity index (χ3n) is 6.31. The Labute approximate surface area is 234 Å². The van der Waals surface area contributed by atoms with Crippen LogP contribution in [0.15, 0.2) is 86.1 Å². The van der Waals surface area contributed by atoms with Crippen LogP contribution >= 0.6 is 22.9 Å². The summed E-state index contributed by atoms with van der Waals surface area (Å²) >= 11 is 7.39. The van der Waals surface area contributed by atoms with Crippen LogP contribution in [-0.4, -0.2) is 24.3 Å². The van der Waals surface area contributed by atoms with Gasteiger partial charge in [-0.3, -0.25) is 9.36 Å². The van der Waals surface area contributed by atoms with Crippen molar-refractivity contribution in [2.45, 2.75) is 32.7 Å². The maximum atomic E-state index is 13.9. The van der Waals surface area contributed by atoms with Crippen LogP contribution in [0.5, 0.6) is 5.75 Å². The predicted octanol–water partition coefficient (Wildman–Crippen LogP) is 5.50. The number of esters is 1. The molecule has 0 radical (unpaired) electrons. The first-order valence-electron chi connectivity index (χ1n) is 12.6. The zero-order chi connectivity index (χ0) is 27.5. The van der Waals surface area contributed by atoms with Crippen molar-refractivity contribution in [2.24, 2.45) is 4.99 Å². The molecule has 0 spiro atoms. The lowest BCUT2D eigenvalue weighted by molar-refractivity contribution is -0.139. The van der Waals surface area contributed by atoms with Crippen LogP contribution in [0.3, 0.4) is 0 Å². The van der Waals surface area contributed by atoms with Gasteiger partial charge in [0.2, 0.25) is 0 Å². The molecule has 3 heterocycles. The second kappa shape index (κ2) is 11.5. The van der Waals surface area contributed by atoms with E-state index in [1.54, 1.807) is 36.8 Å². The summed E-state index contributed by atoms with van der Waals surface area (Å²) in [5.41, 5.74) is 2.29. The van der Waals surface area contributed by atoms with Gasteiger partial charge in [-0.1, -0.05) is 60.5 Å². The number of carbonyl (C=O) groups excluding carboxylic acids is 1. The number of hydrogen-bond acceptors (Lipinski definition) is 7. The van der Waals surface area contributed by atoms with E-state index in [1.165, 1.54) is 11.3 Å². The van der Waals surface area contributed by atoms with E-state index in [1.807, 2.05) is 55.5 Å². The first-order chi connectivity index (χ1) is 18.9. The molecule has 0 saturated carbocycles. The third kappa shape index (κ3) is 5.35. The lowest BCUT2D eigenvalue weighted by Gasteiger charge is -2.26. The zero-order valence-corrected chi connectivity index (χ0v) is 23.3. The van der Waals surface area contributed by atoms with Crippen molar-refractivity contribution in [1.29, 1.82) is 0 Å². The van der Waals surface area contributed by atoms with Crippen molar-refractivity contribution in [3.63, 3.8) is 0 Å². The van der Waals surface area contributed by atoms with Gasteiger partial charge >= 0.3 is 5.97 Å². The lowest BCUT2D eigenvalue weighted by Crippen LogP contribution is -2.40. The monoisotopic (exact) mass is 562 g/mol. The number of methoxy groups -OCH3 is 1. The van der Waals surface area contributed by atoms with Crippen LogP contribution in [0.4, 0.5) is 0 Å². The molecule has 4 aromatic rings. The maximum Gasteiger partial charge on any atom is 0.338 e. The zero-order valence-electron chi connectivity index (χ0n) is 21.8. The summed E-state index contributed by atoms with van der Waals surface area (Å²) in [5.74, 6) is 1.30. The average molecular weight is 563 g/mol. The van der Waals surface area contributed by atoms with Gasteiger partial charge in [-0.2, -0.15) is 0 Å². The summed E-state index contributed by atoms with van der Waals surface area (Å²) in [6.07, 6.45) is 3.05. The lowest BCUT2D eigenvalue weighted by atomic mass is 9.94. The minimum absolute atomic E-state index is 0.213. The molecule has 0 amide bonds. The fraction of sp³-hybridized carbons (Fsp3) is 0.233. The molecule has 1 aliphatic heterocycles. The Morgan fingerprint density at radius 2 is 1.97 bits per heavy atom. The van der Waals surface area contributed by atoms with Gasteiger partial charge in [0.15, 0.2) is 4.80 Å². The SMILES string of the molecule is CCCC1=C(C(=O)OCC)C(c2cccc(OC)c2)n2c(s/c(=C\c3ccc(-c4cccc(Cl)c4)o3)c2=O)=N1. The van der Waals surface area contributed by atoms with E-state index in [0.29, 0.717) is 49.3 Å². The average Bonchev–Trinajstić information content (AvgIpc) is 3.52. The summed E-state index contributed by atoms with van der Waals surface area (Å²) < 4.78 is 18.9. The molecule has 2 aromatic heterocycles. The van der Waals surface area contributed by atoms with E-state index in [2.05, 4.69) is 0 Å². The third-order valence-corrected chi connectivity index (χ3v) is 7.53. The van der Waals surface area contributed by atoms with E-state index in [0.717, 1.165) is 17.5 Å². The van der Waals surface area contributed by atoms with Crippen LogP contribution < -0.4 is 19.6 Å². The highest BCUT2D eigenvalue weighted by atomic mass is 35.5. The number of rotatable bonds is 8. The Morgan fingerprint density at radius 1 is 1.15 bits per heavy atom. The number of fused-ring (bicyclic) bond motifs is 1. The summed E-state index contributed by atoms with van der Waals surface area (Å²) in [4.78, 5) is 32.5. The summed E-state index contributed by atoms with van der Waals surface area (Å²) in [7, 11) is 1.58. The van der Waals surface area contributed by atoms with Crippen molar-refractivity contribution in [3.8, 4) is 17.1 Å². The van der Waals surface area contributed by atoms with Gasteiger partial charge in [0.05, 0.1) is 35.6 Å². The number of halogens is 1. The largest absolute Gasteiger partial charge is 0.497 e. The van der Waals surface area contributed by atoms with Gasteiger partial charge in [0, 0.05) is 16.7 Å². The molecular formula is C30H27ClN2O5S. The van der Waals surface area contributed by atoms with E-state index in [9.17, 15) is 9.59 Å². The predicted molar refractivity (Wildman–Crippen MR) is 152 cm³/mol. The molecule has 1 aliphatic rings. The second-order valence-corrected chi connectivity index (χ2v) is 10.3. The number of nitrogens with zero attached hydrogens (tertiary/aromatic N) is 2. The quantitative estimate of drug-likeness (QED) is 0.265. The molecule has 0 fully saturated rings. The van der Waals surface area contributed by atoms with Crippen molar-refractivity contribution >= 4 is 35.0 Å². The van der Waals surface area contributed by atoms with Gasteiger partial charge in [-0.25, -0.2) is 9.79 Å². The Kier molecular flexibility index (Phi) is 7.86. The summed E-state index contributed by atoms with van der Waals surface area (Å²) in [5, 5.41) is 0.608. The molecule has 1 atom stereocenters. The normalized spacial score (nSPS) is 15.2. The van der Waals surface area contributed by atoms with Crippen LogP contribution in [0.25, 0.3) is 17.4 Å². The molecule has 5 rings (SSSR count). The van der Waals surface area contributed by atoms with Crippen molar-refractivity contribution in [2.75, 3.05) is 13.7 Å². The molecule has 7 nitrogen and oxygen atoms in total. The Hall–Kier alpha value is -3.88. The molecule has 200 valence electrons. The maximum absolute atomic E-state index is 13.9. The van der Waals surface area contributed by atoms with Gasteiger partial charge in [0.1, 0.15) is 17.3 Å². The Bertz CT molecular complexity index is 1750. The molecule has 0 aliphatic carbocycles. The number of allylic oxidation sites excluding steroid dienone is 1. The number of aromatic nitrogens is 1. The number of furan rings is 1. The van der Waals surface area contributed by atoms with E-state index >= 15 is 0 Å². The standard InChI is InChI=1S/C30H27ClN2O5S/c1-4-8-23-26(29(35)37-5-2)27(19-10-7-12-21(16-19)36-3)33-28(34)25(39-30(33)32-23)17-22-13-14-24(38-22)18-9-6-11-20(31)15-18/h6-7,9-17,27H,4-5,8H2,1-3H3/b25-17-. The Morgan fingerprint density at radius 3 is 2.72 bits per heavy atom. The second-order valence-electron chi connectivity index (χ2n) is 8.90. The number of hydrogen-bond donors (Lipinski definition) is 0. The molecular weight excluding hydrogens is 536 g/mol. The fourth-order valence-corrected chi connectivity index (χ4v) is 5.79. The number of carbonyl (C=O) groups is 1. The summed E-state index contributed by atoms with van der Waals surface area (Å²) in [6.45, 7) is 3.99. The number of ether oxygens (including phenoxy) is 2. The van der Waals surface area contributed by atoms with E-state index < -0.39 is 12.0 Å². The number of thiazole rings is 1. The van der Waals surface area contributed by atoms with Gasteiger partial charge in [-0.05, 0) is 55.3 Å². The fourth-order valence-electron chi connectivity index (χ4n) is 4.60. The molecule has 0 N–H and O–H groups in total. The van der Waals surface area contributed by atoms with E-state index in [4.69, 9.17) is 30.5 Å². The minimum Gasteiger partial charge on any atom is -0.497 e. The molecule has 0 bridgehead atoms. The van der Waals surface area contributed by atoms with Crippen molar-refractivity contribution in [3.05, 3.63) is 108 Å². The van der Waals surface area contributed by atoms with Crippen LogP contribution in [0.1, 0.15) is 44.1 Å². The topological polar surface area (TPSA) is 83.0 Å². The first-order valence-corrected chi connectivity index (χ1v) is 13.8. The highest BCUT2D eigenvalue weighted by Gasteiger charge is 2.34. The highest BCUT2D eigenvalue weighted by Crippen LogP contribution is 2.34. The molecule has 39 heavy (non-hydrogen) atoms. The molecule has 9 heteroatoms. The van der Waals surface area contributed by atoms with Gasteiger partial charge in [-0.15, -0.1) is 0 Å². The Balaban J connectivity index is 1.68. The minimum atomic E-state index is -0.710. The first kappa shape index (κ1) is 26.7. The van der Waals surface area contributed by atoms with Gasteiger partial charge < -0.3 is 13.9 Å². The van der Waals surface area contributed by atoms with Crippen LogP contribution in [-0.2, 0) is 9.53 Å². The highest BCUT2D eigenvalue weighted by molar-refractivity contribution is 7.07. The van der Waals surface area contributed by atoms with Gasteiger partial charge in [0.25, 0.3) is 5.56 Å². The summed E-state index contributed by atoms with van der Waals surface area (Å²) in [6, 6.07) is 17.7. The number of benzene rings is 2.